The summed E-state index contributed by atoms with van der Waals surface area (Å²) in [4.78, 5) is 0. The van der Waals surface area contributed by atoms with Crippen LogP contribution in [0.1, 0.15) is 20.3 Å². The molecule has 1 saturated heterocycles. The maximum Gasteiger partial charge on any atom is 0.256 e. The van der Waals surface area contributed by atoms with E-state index >= 15 is 0 Å². The zero-order chi connectivity index (χ0) is 9.30. The number of nitrogens with zero attached hydrogens (tertiary/aromatic N) is 1. The second-order valence-corrected chi connectivity index (χ2v) is 3.67. The molecular formula is C8H17F2N2+. The molecule has 72 valence electrons. The molecule has 2 nitrogen and oxygen atoms in total. The predicted molar refractivity (Wildman–Crippen MR) is 43.1 cm³/mol. The van der Waals surface area contributed by atoms with Crippen LogP contribution in [0.5, 0.6) is 0 Å². The molecule has 0 bridgehead atoms. The molecule has 3 atom stereocenters. The van der Waals surface area contributed by atoms with Crippen LogP contribution in [0.4, 0.5) is 8.78 Å². The number of nitrogens with one attached hydrogen (secondary N) is 1. The van der Waals surface area contributed by atoms with Crippen molar-refractivity contribution in [2.45, 2.75) is 38.8 Å². The third-order valence-electron chi connectivity index (χ3n) is 2.73. The Morgan fingerprint density at radius 2 is 2.08 bits per heavy atom. The zero-order valence-electron chi connectivity index (χ0n) is 7.85. The molecule has 0 aliphatic carbocycles. The van der Waals surface area contributed by atoms with Crippen molar-refractivity contribution in [3.05, 3.63) is 0 Å². The van der Waals surface area contributed by atoms with Gasteiger partial charge in [0, 0.05) is 6.42 Å². The third kappa shape index (κ3) is 1.93. The molecule has 0 radical (unpaired) electrons. The summed E-state index contributed by atoms with van der Waals surface area (Å²) < 4.78 is 24.2. The van der Waals surface area contributed by atoms with Crippen molar-refractivity contribution in [1.29, 1.82) is 0 Å². The molecule has 1 rings (SSSR count). The fourth-order valence-corrected chi connectivity index (χ4v) is 1.91. The maximum absolute atomic E-state index is 12.1. The first-order chi connectivity index (χ1) is 5.52. The second kappa shape index (κ2) is 3.66. The summed E-state index contributed by atoms with van der Waals surface area (Å²) >= 11 is 0. The minimum absolute atomic E-state index is 0.0999. The van der Waals surface area contributed by atoms with E-state index in [1.807, 2.05) is 19.0 Å². The quantitative estimate of drug-likeness (QED) is 0.634. The van der Waals surface area contributed by atoms with Gasteiger partial charge in [0.25, 0.3) is 6.43 Å². The van der Waals surface area contributed by atoms with Crippen LogP contribution >= 0.6 is 0 Å². The highest BCUT2D eigenvalue weighted by Crippen LogP contribution is 2.09. The number of alkyl halides is 2. The smallest absolute Gasteiger partial charge is 0.255 e. The van der Waals surface area contributed by atoms with E-state index in [9.17, 15) is 8.78 Å². The minimum atomic E-state index is -2.22. The Kier molecular flexibility index (Phi) is 3.01. The average Bonchev–Trinajstić information content (AvgIpc) is 2.16. The lowest BCUT2D eigenvalue weighted by atomic mass is 10.2. The molecule has 1 aliphatic heterocycles. The summed E-state index contributed by atoms with van der Waals surface area (Å²) in [6.45, 7) is 4.00. The Bertz CT molecular complexity index is 152. The molecule has 1 fully saturated rings. The van der Waals surface area contributed by atoms with Crippen LogP contribution in [0, 0.1) is 0 Å². The van der Waals surface area contributed by atoms with E-state index in [2.05, 4.69) is 6.92 Å². The third-order valence-corrected chi connectivity index (χ3v) is 2.73. The van der Waals surface area contributed by atoms with E-state index in [-0.39, 0.29) is 12.6 Å². The van der Waals surface area contributed by atoms with Gasteiger partial charge in [-0.2, -0.15) is 0 Å². The lowest BCUT2D eigenvalue weighted by molar-refractivity contribution is -1.01. The molecule has 0 amide bonds. The topological polar surface area (TPSA) is 7.68 Å². The van der Waals surface area contributed by atoms with Gasteiger partial charge in [-0.25, -0.2) is 8.78 Å². The molecule has 0 spiro atoms. The van der Waals surface area contributed by atoms with Crippen molar-refractivity contribution < 1.29 is 13.8 Å². The van der Waals surface area contributed by atoms with Gasteiger partial charge in [0.1, 0.15) is 12.6 Å². The molecule has 1 N–H and O–H groups in total. The molecule has 4 heteroatoms. The van der Waals surface area contributed by atoms with Crippen LogP contribution < -0.4 is 5.01 Å². The molecule has 1 heterocycles. The zero-order valence-corrected chi connectivity index (χ0v) is 7.85. The summed E-state index contributed by atoms with van der Waals surface area (Å²) in [6.07, 6.45) is -1.20. The van der Waals surface area contributed by atoms with Crippen LogP contribution in [0.3, 0.4) is 0 Å². The monoisotopic (exact) mass is 179 g/mol. The van der Waals surface area contributed by atoms with E-state index in [1.165, 1.54) is 0 Å². The first-order valence-electron chi connectivity index (χ1n) is 4.40. The van der Waals surface area contributed by atoms with Gasteiger partial charge >= 0.3 is 0 Å². The Balaban J connectivity index is 2.51. The van der Waals surface area contributed by atoms with Gasteiger partial charge in [0.15, 0.2) is 0 Å². The van der Waals surface area contributed by atoms with Crippen molar-refractivity contribution in [3.8, 4) is 0 Å². The molecule has 12 heavy (non-hydrogen) atoms. The van der Waals surface area contributed by atoms with Crippen molar-refractivity contribution in [3.63, 3.8) is 0 Å². The molecule has 0 saturated carbocycles. The van der Waals surface area contributed by atoms with E-state index in [1.54, 1.807) is 0 Å². The molecule has 0 aromatic carbocycles. The summed E-state index contributed by atoms with van der Waals surface area (Å²) in [5.41, 5.74) is 0. The molecule has 0 aromatic rings. The molecule has 0 aromatic heterocycles. The lowest BCUT2D eigenvalue weighted by Crippen LogP contribution is -3.16. The summed E-state index contributed by atoms with van der Waals surface area (Å²) in [7, 11) is 1.95. The lowest BCUT2D eigenvalue weighted by Gasteiger charge is -2.24. The van der Waals surface area contributed by atoms with E-state index in [0.717, 1.165) is 11.4 Å². The SMILES string of the molecule is CC1CC(C)[NH+](C)N1CC(F)F. The molecule has 1 aliphatic rings. The number of hydrogen-bond acceptors (Lipinski definition) is 1. The summed E-state index contributed by atoms with van der Waals surface area (Å²) in [6, 6.07) is 0.757. The number of quaternary nitrogens is 1. The Hall–Kier alpha value is -0.220. The van der Waals surface area contributed by atoms with Crippen LogP contribution in [0.15, 0.2) is 0 Å². The van der Waals surface area contributed by atoms with Gasteiger partial charge in [0.2, 0.25) is 0 Å². The van der Waals surface area contributed by atoms with Crippen LogP contribution in [-0.2, 0) is 0 Å². The standard InChI is InChI=1S/C8H16F2N2/c1-6-4-7(2)12(11(6)3)5-8(9)10/h6-8H,4-5H2,1-3H3/p+1. The van der Waals surface area contributed by atoms with Gasteiger partial charge in [-0.1, -0.05) is 0 Å². The van der Waals surface area contributed by atoms with Crippen molar-refractivity contribution in [2.75, 3.05) is 13.6 Å². The van der Waals surface area contributed by atoms with Gasteiger partial charge in [-0.05, 0) is 13.8 Å². The van der Waals surface area contributed by atoms with Crippen LogP contribution in [-0.4, -0.2) is 37.1 Å². The average molecular weight is 179 g/mol. The molecular weight excluding hydrogens is 162 g/mol. The Labute approximate surface area is 72.1 Å². The van der Waals surface area contributed by atoms with Gasteiger partial charge in [-0.15, -0.1) is 5.01 Å². The minimum Gasteiger partial charge on any atom is -0.255 e. The van der Waals surface area contributed by atoms with Gasteiger partial charge < -0.3 is 0 Å². The number of hydrogen-bond donors (Lipinski definition) is 1. The van der Waals surface area contributed by atoms with Crippen molar-refractivity contribution in [1.82, 2.24) is 5.01 Å². The van der Waals surface area contributed by atoms with Crippen LogP contribution in [0.2, 0.25) is 0 Å². The first kappa shape index (κ1) is 9.86. The number of rotatable bonds is 2. The highest BCUT2D eigenvalue weighted by molar-refractivity contribution is 4.69. The van der Waals surface area contributed by atoms with E-state index in [0.29, 0.717) is 6.04 Å². The predicted octanol–water partition coefficient (Wildman–Crippen LogP) is 0.164. The maximum atomic E-state index is 12.1. The highest BCUT2D eigenvalue weighted by Gasteiger charge is 2.37. The van der Waals surface area contributed by atoms with E-state index < -0.39 is 6.43 Å². The summed E-state index contributed by atoms with van der Waals surface area (Å²) in [5, 5.41) is 2.94. The van der Waals surface area contributed by atoms with Gasteiger partial charge in [-0.3, -0.25) is 5.01 Å². The van der Waals surface area contributed by atoms with Crippen molar-refractivity contribution in [2.24, 2.45) is 0 Å². The second-order valence-electron chi connectivity index (χ2n) is 3.67. The fraction of sp³-hybridized carbons (Fsp3) is 1.00. The van der Waals surface area contributed by atoms with Gasteiger partial charge in [0.05, 0.1) is 13.1 Å². The normalized spacial score (nSPS) is 38.0. The van der Waals surface area contributed by atoms with Crippen LogP contribution in [0.25, 0.3) is 0 Å². The Morgan fingerprint density at radius 1 is 1.50 bits per heavy atom. The number of halogens is 2. The first-order valence-corrected chi connectivity index (χ1v) is 4.40. The molecule has 3 unspecified atom stereocenters. The Morgan fingerprint density at radius 3 is 2.42 bits per heavy atom. The summed E-state index contributed by atoms with van der Waals surface area (Å²) in [5.74, 6) is 0. The fourth-order valence-electron chi connectivity index (χ4n) is 1.91. The van der Waals surface area contributed by atoms with E-state index in [4.69, 9.17) is 0 Å². The largest absolute Gasteiger partial charge is 0.256 e. The highest BCUT2D eigenvalue weighted by atomic mass is 19.3. The van der Waals surface area contributed by atoms with Crippen molar-refractivity contribution >= 4 is 0 Å².